The summed E-state index contributed by atoms with van der Waals surface area (Å²) in [5, 5.41) is 8.90. The largest absolute Gasteiger partial charge is 0.451 e. The second kappa shape index (κ2) is 10.3. The molecule has 1 atom stereocenters. The number of carbonyl (C=O) groups is 1. The third kappa shape index (κ3) is 5.86. The molecule has 0 N–H and O–H groups in total. The maximum atomic E-state index is 13.6. The number of ketones is 1. The van der Waals surface area contributed by atoms with Gasteiger partial charge in [-0.05, 0) is 50.3 Å². The zero-order valence-electron chi connectivity index (χ0n) is 19.3. The Bertz CT molecular complexity index is 1230. The highest BCUT2D eigenvalue weighted by Gasteiger charge is 2.38. The van der Waals surface area contributed by atoms with Crippen LogP contribution in [0.1, 0.15) is 48.2 Å². The SMILES string of the molecule is Cc1ccc(-c2cc(N3CCC[C@H]3C(=O)CCCc3ccc(C#N)cc3)nc(C(F)(F)F)n2)cc1. The first-order valence-electron chi connectivity index (χ1n) is 11.6. The van der Waals surface area contributed by atoms with Crippen LogP contribution in [0, 0.1) is 18.3 Å². The summed E-state index contributed by atoms with van der Waals surface area (Å²) < 4.78 is 40.9. The van der Waals surface area contributed by atoms with Gasteiger partial charge in [-0.3, -0.25) is 4.79 Å². The van der Waals surface area contributed by atoms with Crippen LogP contribution < -0.4 is 4.90 Å². The van der Waals surface area contributed by atoms with Crippen molar-refractivity contribution in [3.63, 3.8) is 0 Å². The fourth-order valence-corrected chi connectivity index (χ4v) is 4.34. The van der Waals surface area contributed by atoms with Crippen molar-refractivity contribution in [1.29, 1.82) is 5.26 Å². The molecular weight excluding hydrogens is 453 g/mol. The molecule has 0 bridgehead atoms. The molecule has 5 nitrogen and oxygen atoms in total. The van der Waals surface area contributed by atoms with Crippen molar-refractivity contribution in [3.8, 4) is 17.3 Å². The van der Waals surface area contributed by atoms with Gasteiger partial charge in [-0.15, -0.1) is 0 Å². The van der Waals surface area contributed by atoms with Crippen LogP contribution in [0.25, 0.3) is 11.3 Å². The summed E-state index contributed by atoms with van der Waals surface area (Å²) in [5.74, 6) is -1.07. The molecule has 1 fully saturated rings. The van der Waals surface area contributed by atoms with Crippen LogP contribution in [0.2, 0.25) is 0 Å². The Labute approximate surface area is 202 Å². The highest BCUT2D eigenvalue weighted by molar-refractivity contribution is 5.87. The van der Waals surface area contributed by atoms with Crippen LogP contribution in [0.5, 0.6) is 0 Å². The molecule has 8 heteroatoms. The van der Waals surface area contributed by atoms with Gasteiger partial charge in [-0.2, -0.15) is 18.4 Å². The van der Waals surface area contributed by atoms with Crippen molar-refractivity contribution in [2.75, 3.05) is 11.4 Å². The second-order valence-corrected chi connectivity index (χ2v) is 8.78. The Morgan fingerprint density at radius 2 is 1.83 bits per heavy atom. The molecule has 35 heavy (non-hydrogen) atoms. The Balaban J connectivity index is 1.52. The topological polar surface area (TPSA) is 69.9 Å². The number of hydrogen-bond acceptors (Lipinski definition) is 5. The van der Waals surface area contributed by atoms with E-state index < -0.39 is 18.0 Å². The number of aryl methyl sites for hydroxylation is 2. The number of hydrogen-bond donors (Lipinski definition) is 0. The van der Waals surface area contributed by atoms with Crippen LogP contribution in [-0.4, -0.2) is 28.3 Å². The van der Waals surface area contributed by atoms with Gasteiger partial charge in [0.1, 0.15) is 5.82 Å². The fraction of sp³-hybridized carbons (Fsp3) is 0.333. The van der Waals surface area contributed by atoms with Gasteiger partial charge in [0.15, 0.2) is 5.78 Å². The number of halogens is 3. The predicted octanol–water partition coefficient (Wildman–Crippen LogP) is 5.90. The van der Waals surface area contributed by atoms with E-state index in [1.165, 1.54) is 0 Å². The number of nitrogens with zero attached hydrogens (tertiary/aromatic N) is 4. The van der Waals surface area contributed by atoms with Crippen molar-refractivity contribution in [2.24, 2.45) is 0 Å². The molecule has 1 saturated heterocycles. The van der Waals surface area contributed by atoms with Crippen LogP contribution in [-0.2, 0) is 17.4 Å². The molecule has 180 valence electrons. The molecule has 2 aromatic carbocycles. The third-order valence-electron chi connectivity index (χ3n) is 6.20. The maximum Gasteiger partial charge on any atom is 0.451 e. The van der Waals surface area contributed by atoms with E-state index in [0.717, 1.165) is 11.1 Å². The average Bonchev–Trinajstić information content (AvgIpc) is 3.34. The van der Waals surface area contributed by atoms with Crippen LogP contribution in [0.4, 0.5) is 19.0 Å². The highest BCUT2D eigenvalue weighted by Crippen LogP contribution is 2.33. The molecule has 0 unspecified atom stereocenters. The van der Waals surface area contributed by atoms with E-state index in [-0.39, 0.29) is 17.3 Å². The van der Waals surface area contributed by atoms with E-state index in [4.69, 9.17) is 5.26 Å². The number of alkyl halides is 3. The molecule has 1 aliphatic rings. The molecule has 3 aromatic rings. The summed E-state index contributed by atoms with van der Waals surface area (Å²) in [6, 6.07) is 17.5. The van der Waals surface area contributed by atoms with E-state index in [2.05, 4.69) is 16.0 Å². The number of rotatable bonds is 7. The van der Waals surface area contributed by atoms with Crippen LogP contribution >= 0.6 is 0 Å². The van der Waals surface area contributed by atoms with E-state index in [1.54, 1.807) is 35.2 Å². The Morgan fingerprint density at radius 3 is 2.49 bits per heavy atom. The predicted molar refractivity (Wildman–Crippen MR) is 127 cm³/mol. The molecular formula is C27H25F3N4O. The van der Waals surface area contributed by atoms with E-state index in [9.17, 15) is 18.0 Å². The normalized spacial score (nSPS) is 15.7. The van der Waals surface area contributed by atoms with Gasteiger partial charge in [-0.1, -0.05) is 42.0 Å². The van der Waals surface area contributed by atoms with Gasteiger partial charge in [0.2, 0.25) is 5.82 Å². The zero-order valence-corrected chi connectivity index (χ0v) is 19.3. The Hall–Kier alpha value is -3.73. The van der Waals surface area contributed by atoms with Crippen molar-refractivity contribution < 1.29 is 18.0 Å². The lowest BCUT2D eigenvalue weighted by Gasteiger charge is -2.26. The van der Waals surface area contributed by atoms with Gasteiger partial charge >= 0.3 is 6.18 Å². The standard InChI is InChI=1S/C27H25F3N4O/c1-18-7-13-21(14-8-18)22-16-25(33-26(32-22)27(28,29)30)34-15-3-5-23(34)24(35)6-2-4-19-9-11-20(17-31)12-10-19/h7-14,16,23H,2-6,15H2,1H3/t23-/m0/s1. The molecule has 0 spiro atoms. The quantitative estimate of drug-likeness (QED) is 0.423. The Morgan fingerprint density at radius 1 is 1.11 bits per heavy atom. The lowest BCUT2D eigenvalue weighted by atomic mass is 10.0. The number of aromatic nitrogens is 2. The molecule has 0 amide bonds. The maximum absolute atomic E-state index is 13.6. The molecule has 0 aliphatic carbocycles. The lowest BCUT2D eigenvalue weighted by molar-refractivity contribution is -0.144. The van der Waals surface area contributed by atoms with Gasteiger partial charge in [-0.25, -0.2) is 9.97 Å². The molecule has 1 aromatic heterocycles. The average molecular weight is 479 g/mol. The molecule has 2 heterocycles. The van der Waals surface area contributed by atoms with Crippen molar-refractivity contribution >= 4 is 11.6 Å². The monoisotopic (exact) mass is 478 g/mol. The summed E-state index contributed by atoms with van der Waals surface area (Å²) in [7, 11) is 0. The van der Waals surface area contributed by atoms with E-state index in [1.807, 2.05) is 31.2 Å². The van der Waals surface area contributed by atoms with Gasteiger partial charge < -0.3 is 4.90 Å². The third-order valence-corrected chi connectivity index (χ3v) is 6.20. The van der Waals surface area contributed by atoms with Crippen LogP contribution in [0.3, 0.4) is 0 Å². The second-order valence-electron chi connectivity index (χ2n) is 8.78. The van der Waals surface area contributed by atoms with Crippen LogP contribution in [0.15, 0.2) is 54.6 Å². The zero-order chi connectivity index (χ0) is 25.0. The van der Waals surface area contributed by atoms with Gasteiger partial charge in [0, 0.05) is 24.6 Å². The summed E-state index contributed by atoms with van der Waals surface area (Å²) in [5.41, 5.74) is 3.36. The molecule has 0 radical (unpaired) electrons. The van der Waals surface area contributed by atoms with E-state index >= 15 is 0 Å². The summed E-state index contributed by atoms with van der Waals surface area (Å²) in [6.45, 7) is 2.37. The Kier molecular flexibility index (Phi) is 7.15. The molecule has 1 aliphatic heterocycles. The minimum absolute atomic E-state index is 0.000187. The first-order valence-corrected chi connectivity index (χ1v) is 11.6. The minimum atomic E-state index is -4.70. The molecule has 4 rings (SSSR count). The van der Waals surface area contributed by atoms with Gasteiger partial charge in [0.25, 0.3) is 0 Å². The van der Waals surface area contributed by atoms with Gasteiger partial charge in [0.05, 0.1) is 23.4 Å². The summed E-state index contributed by atoms with van der Waals surface area (Å²) in [4.78, 5) is 22.3. The first-order chi connectivity index (χ1) is 16.7. The van der Waals surface area contributed by atoms with Crippen molar-refractivity contribution in [3.05, 3.63) is 77.1 Å². The van der Waals surface area contributed by atoms with Crippen molar-refractivity contribution in [1.82, 2.24) is 9.97 Å². The van der Waals surface area contributed by atoms with Crippen molar-refractivity contribution in [2.45, 2.75) is 51.2 Å². The number of benzene rings is 2. The fourth-order valence-electron chi connectivity index (χ4n) is 4.34. The lowest BCUT2D eigenvalue weighted by Crippen LogP contribution is -2.37. The van der Waals surface area contributed by atoms with E-state index in [0.29, 0.717) is 49.8 Å². The summed E-state index contributed by atoms with van der Waals surface area (Å²) >= 11 is 0. The molecule has 0 saturated carbocycles. The minimum Gasteiger partial charge on any atom is -0.346 e. The smallest absolute Gasteiger partial charge is 0.346 e. The summed E-state index contributed by atoms with van der Waals surface area (Å²) in [6.07, 6.45) is -1.77. The number of nitriles is 1. The number of anilines is 1. The first kappa shape index (κ1) is 24.4. The number of Topliss-reactive ketones (excluding diaryl/α,β-unsaturated/α-hetero) is 1. The highest BCUT2D eigenvalue weighted by atomic mass is 19.4. The number of carbonyl (C=O) groups excluding carboxylic acids is 1.